The Balaban J connectivity index is 0.000000244. The number of allylic oxidation sites excluding steroid dienone is 1. The van der Waals surface area contributed by atoms with Gasteiger partial charge in [0.05, 0.1) is 0 Å². The van der Waals surface area contributed by atoms with Gasteiger partial charge < -0.3 is 0 Å². The average molecular weight is 538 g/mol. The third-order valence-corrected chi connectivity index (χ3v) is 7.28. The number of aryl methyl sites for hydroxylation is 5. The largest absolute Gasteiger partial charge is 0.300 e. The molecule has 0 saturated heterocycles. The highest BCUT2D eigenvalue weighted by atomic mass is 16.1. The Morgan fingerprint density at radius 3 is 1.93 bits per heavy atom. The van der Waals surface area contributed by atoms with E-state index in [1.165, 1.54) is 27.8 Å². The van der Waals surface area contributed by atoms with Crippen LogP contribution >= 0.6 is 0 Å². The summed E-state index contributed by atoms with van der Waals surface area (Å²) in [4.78, 5) is 16.3. The molecule has 1 aliphatic heterocycles. The van der Waals surface area contributed by atoms with Crippen molar-refractivity contribution in [3.63, 3.8) is 0 Å². The van der Waals surface area contributed by atoms with Crippen LogP contribution in [0.25, 0.3) is 0 Å². The number of benzene rings is 3. The SMILES string of the molecule is CCc1ccc(C)c(CC)c1.CCc1ccccc1.O=C(CCCCc1ccccc1)CCCC1=NCCC=C1. The van der Waals surface area contributed by atoms with Crippen LogP contribution < -0.4 is 0 Å². The van der Waals surface area contributed by atoms with E-state index in [0.29, 0.717) is 12.2 Å². The average Bonchev–Trinajstić information content (AvgIpc) is 3.02. The van der Waals surface area contributed by atoms with Crippen molar-refractivity contribution in [2.24, 2.45) is 4.99 Å². The number of aliphatic imine (C=N–C) groups is 1. The first-order chi connectivity index (χ1) is 19.5. The summed E-state index contributed by atoms with van der Waals surface area (Å²) in [6.07, 6.45) is 15.3. The maximum atomic E-state index is 11.8. The Morgan fingerprint density at radius 2 is 1.35 bits per heavy atom. The fraction of sp³-hybridized carbons (Fsp3) is 0.421. The van der Waals surface area contributed by atoms with E-state index in [9.17, 15) is 4.79 Å². The van der Waals surface area contributed by atoms with Gasteiger partial charge >= 0.3 is 0 Å². The number of dihydropyridines is 1. The summed E-state index contributed by atoms with van der Waals surface area (Å²) in [7, 11) is 0. The fourth-order valence-corrected chi connectivity index (χ4v) is 4.64. The van der Waals surface area contributed by atoms with Gasteiger partial charge in [-0.15, -0.1) is 0 Å². The summed E-state index contributed by atoms with van der Waals surface area (Å²) in [5, 5.41) is 0. The number of hydrogen-bond acceptors (Lipinski definition) is 2. The van der Waals surface area contributed by atoms with Gasteiger partial charge in [0.15, 0.2) is 0 Å². The topological polar surface area (TPSA) is 29.4 Å². The lowest BCUT2D eigenvalue weighted by molar-refractivity contribution is -0.119. The number of ketones is 1. The van der Waals surface area contributed by atoms with E-state index in [2.05, 4.69) is 112 Å². The molecule has 214 valence electrons. The molecule has 0 atom stereocenters. The molecule has 1 aliphatic rings. The molecule has 1 heterocycles. The van der Waals surface area contributed by atoms with Gasteiger partial charge in [-0.3, -0.25) is 9.79 Å². The van der Waals surface area contributed by atoms with Crippen LogP contribution in [0.4, 0.5) is 0 Å². The predicted octanol–water partition coefficient (Wildman–Crippen LogP) is 9.91. The van der Waals surface area contributed by atoms with Crippen LogP contribution in [0.3, 0.4) is 0 Å². The van der Waals surface area contributed by atoms with Crippen LogP contribution in [0, 0.1) is 6.92 Å². The third-order valence-electron chi connectivity index (χ3n) is 7.28. The van der Waals surface area contributed by atoms with E-state index in [4.69, 9.17) is 0 Å². The molecule has 0 N–H and O–H groups in total. The molecule has 0 radical (unpaired) electrons. The van der Waals surface area contributed by atoms with Crippen LogP contribution in [0.2, 0.25) is 0 Å². The van der Waals surface area contributed by atoms with Gasteiger partial charge in [0.25, 0.3) is 0 Å². The summed E-state index contributed by atoms with van der Waals surface area (Å²) in [5.74, 6) is 0.406. The van der Waals surface area contributed by atoms with Crippen molar-refractivity contribution in [3.05, 3.63) is 119 Å². The molecule has 2 heteroatoms. The van der Waals surface area contributed by atoms with E-state index < -0.39 is 0 Å². The molecule has 0 aromatic heterocycles. The fourth-order valence-electron chi connectivity index (χ4n) is 4.64. The minimum Gasteiger partial charge on any atom is -0.300 e. The zero-order valence-electron chi connectivity index (χ0n) is 25.5. The third kappa shape index (κ3) is 14.2. The first kappa shape index (κ1) is 32.9. The molecule has 0 bridgehead atoms. The van der Waals surface area contributed by atoms with Crippen molar-refractivity contribution < 1.29 is 4.79 Å². The van der Waals surface area contributed by atoms with Crippen molar-refractivity contribution in [1.82, 2.24) is 0 Å². The summed E-state index contributed by atoms with van der Waals surface area (Å²) in [5.41, 5.74) is 8.30. The first-order valence-electron chi connectivity index (χ1n) is 15.4. The second-order valence-corrected chi connectivity index (χ2v) is 10.5. The van der Waals surface area contributed by atoms with Crippen molar-refractivity contribution in [1.29, 1.82) is 0 Å². The molecule has 4 rings (SSSR count). The van der Waals surface area contributed by atoms with Crippen LogP contribution in [0.15, 0.2) is 96.0 Å². The van der Waals surface area contributed by atoms with Gasteiger partial charge in [-0.25, -0.2) is 0 Å². The number of nitrogens with zero attached hydrogens (tertiary/aromatic N) is 1. The molecular formula is C38H51NO. The van der Waals surface area contributed by atoms with Gasteiger partial charge in [-0.05, 0) is 98.6 Å². The number of rotatable bonds is 12. The predicted molar refractivity (Wildman–Crippen MR) is 175 cm³/mol. The molecule has 0 saturated carbocycles. The van der Waals surface area contributed by atoms with Crippen molar-refractivity contribution in [2.75, 3.05) is 6.54 Å². The molecule has 2 nitrogen and oxygen atoms in total. The Kier molecular flexibility index (Phi) is 17.0. The minimum atomic E-state index is 0.406. The molecule has 3 aromatic rings. The van der Waals surface area contributed by atoms with Crippen LogP contribution in [0.5, 0.6) is 0 Å². The molecule has 40 heavy (non-hydrogen) atoms. The highest BCUT2D eigenvalue weighted by Gasteiger charge is 2.04. The Hall–Kier alpha value is -3.26. The van der Waals surface area contributed by atoms with Gasteiger partial charge in [-0.1, -0.05) is 106 Å². The van der Waals surface area contributed by atoms with Crippen LogP contribution in [-0.4, -0.2) is 18.0 Å². The highest BCUT2D eigenvalue weighted by molar-refractivity contribution is 5.95. The Morgan fingerprint density at radius 1 is 0.700 bits per heavy atom. The second kappa shape index (κ2) is 20.6. The van der Waals surface area contributed by atoms with E-state index >= 15 is 0 Å². The lowest BCUT2D eigenvalue weighted by Crippen LogP contribution is -2.03. The molecule has 0 aliphatic carbocycles. The molecule has 3 aromatic carbocycles. The summed E-state index contributed by atoms with van der Waals surface area (Å²) < 4.78 is 0. The van der Waals surface area contributed by atoms with Crippen molar-refractivity contribution in [3.8, 4) is 0 Å². The number of Topliss-reactive ketones (excluding diaryl/α,β-unsaturated/α-hetero) is 1. The second-order valence-electron chi connectivity index (χ2n) is 10.5. The van der Waals surface area contributed by atoms with Crippen molar-refractivity contribution in [2.45, 2.75) is 98.3 Å². The lowest BCUT2D eigenvalue weighted by atomic mass is 10.0. The summed E-state index contributed by atoms with van der Waals surface area (Å²) in [6.45, 7) is 9.67. The number of hydrogen-bond donors (Lipinski definition) is 0. The maximum Gasteiger partial charge on any atom is 0.132 e. The molecule has 0 fully saturated rings. The van der Waals surface area contributed by atoms with Gasteiger partial charge in [0, 0.05) is 25.1 Å². The van der Waals surface area contributed by atoms with E-state index in [1.54, 1.807) is 0 Å². The standard InChI is InChI=1S/C19H25NO.C11H16.C8H10/c21-19(15-8-13-18-12-6-7-16-20-18)14-5-4-11-17-9-2-1-3-10-17;1-4-10-7-6-9(3)11(5-2)8-10;1-2-8-6-4-3-5-7-8/h1-3,6,9-10,12H,4-5,7-8,11,13-16H2;6-8H,4-5H2,1-3H3;3-7H,2H2,1H3. The van der Waals surface area contributed by atoms with E-state index in [1.807, 2.05) is 12.1 Å². The van der Waals surface area contributed by atoms with Crippen LogP contribution in [0.1, 0.15) is 93.5 Å². The first-order valence-corrected chi connectivity index (χ1v) is 15.4. The number of carbonyl (C=O) groups excluding carboxylic acids is 1. The summed E-state index contributed by atoms with van der Waals surface area (Å²) >= 11 is 0. The zero-order valence-corrected chi connectivity index (χ0v) is 25.5. The normalized spacial score (nSPS) is 11.9. The molecule has 0 unspecified atom stereocenters. The monoisotopic (exact) mass is 537 g/mol. The smallest absolute Gasteiger partial charge is 0.132 e. The molecular weight excluding hydrogens is 486 g/mol. The van der Waals surface area contributed by atoms with Gasteiger partial charge in [0.1, 0.15) is 5.78 Å². The Labute approximate surface area is 244 Å². The van der Waals surface area contributed by atoms with Gasteiger partial charge in [0.2, 0.25) is 0 Å². The quantitative estimate of drug-likeness (QED) is 0.211. The van der Waals surface area contributed by atoms with E-state index in [-0.39, 0.29) is 0 Å². The zero-order chi connectivity index (χ0) is 28.8. The lowest BCUT2D eigenvalue weighted by Gasteiger charge is -2.06. The summed E-state index contributed by atoms with van der Waals surface area (Å²) in [6, 6.07) is 27.7. The number of unbranched alkanes of at least 4 members (excludes halogenated alkanes) is 1. The van der Waals surface area contributed by atoms with Crippen molar-refractivity contribution >= 4 is 11.5 Å². The molecule has 0 spiro atoms. The minimum absolute atomic E-state index is 0.406. The van der Waals surface area contributed by atoms with E-state index in [0.717, 1.165) is 76.5 Å². The number of carbonyl (C=O) groups is 1. The Bertz CT molecular complexity index is 1140. The highest BCUT2D eigenvalue weighted by Crippen LogP contribution is 2.12. The molecule has 0 amide bonds. The van der Waals surface area contributed by atoms with Crippen LogP contribution in [-0.2, 0) is 30.5 Å². The maximum absolute atomic E-state index is 11.8. The van der Waals surface area contributed by atoms with Gasteiger partial charge in [-0.2, -0.15) is 0 Å².